The summed E-state index contributed by atoms with van der Waals surface area (Å²) in [5.41, 5.74) is 6.78. The molecule has 2 N–H and O–H groups in total. The number of nitrogens with zero attached hydrogens (tertiary/aromatic N) is 3. The molecule has 3 atom stereocenters. The monoisotopic (exact) mass is 400 g/mol. The zero-order valence-electron chi connectivity index (χ0n) is 16.7. The quantitative estimate of drug-likeness (QED) is 0.846. The SMILES string of the molecule is CN1C(=O)[C@@H](c2ccc(N3CCCC3)cc2)[C@@](C)(C2=C(F)CC(F)C=C2)N=C1N. The van der Waals surface area contributed by atoms with Crippen molar-refractivity contribution in [2.24, 2.45) is 10.7 Å². The summed E-state index contributed by atoms with van der Waals surface area (Å²) in [7, 11) is 1.56. The van der Waals surface area contributed by atoms with E-state index in [0.29, 0.717) is 0 Å². The second-order valence-electron chi connectivity index (χ2n) is 8.13. The zero-order valence-corrected chi connectivity index (χ0v) is 16.7. The molecule has 0 saturated carbocycles. The maximum Gasteiger partial charge on any atom is 0.239 e. The molecule has 0 bridgehead atoms. The van der Waals surface area contributed by atoms with E-state index in [2.05, 4.69) is 9.89 Å². The Morgan fingerprint density at radius 2 is 1.86 bits per heavy atom. The molecule has 1 amide bonds. The van der Waals surface area contributed by atoms with Gasteiger partial charge in [0, 0.05) is 37.8 Å². The van der Waals surface area contributed by atoms with Gasteiger partial charge >= 0.3 is 0 Å². The van der Waals surface area contributed by atoms with E-state index in [1.165, 1.54) is 29.9 Å². The molecule has 3 aliphatic rings. The van der Waals surface area contributed by atoms with Crippen LogP contribution < -0.4 is 10.6 Å². The Bertz CT molecular complexity index is 902. The molecule has 29 heavy (non-hydrogen) atoms. The van der Waals surface area contributed by atoms with Gasteiger partial charge < -0.3 is 10.6 Å². The summed E-state index contributed by atoms with van der Waals surface area (Å²) in [5, 5.41) is 0. The van der Waals surface area contributed by atoms with Crippen molar-refractivity contribution in [2.75, 3.05) is 25.0 Å². The van der Waals surface area contributed by atoms with E-state index in [0.717, 1.165) is 24.3 Å². The van der Waals surface area contributed by atoms with E-state index in [-0.39, 0.29) is 23.9 Å². The highest BCUT2D eigenvalue weighted by molar-refractivity contribution is 6.03. The molecule has 1 fully saturated rings. The highest BCUT2D eigenvalue weighted by atomic mass is 19.1. The fourth-order valence-corrected chi connectivity index (χ4v) is 4.54. The van der Waals surface area contributed by atoms with Crippen molar-refractivity contribution in [3.8, 4) is 0 Å². The lowest BCUT2D eigenvalue weighted by Gasteiger charge is -2.42. The Kier molecular flexibility index (Phi) is 4.92. The van der Waals surface area contributed by atoms with Crippen LogP contribution in [0.5, 0.6) is 0 Å². The summed E-state index contributed by atoms with van der Waals surface area (Å²) < 4.78 is 28.4. The lowest BCUT2D eigenvalue weighted by Crippen LogP contribution is -2.54. The Hall–Kier alpha value is -2.70. The number of hydrogen-bond donors (Lipinski definition) is 1. The number of hydrogen-bond acceptors (Lipinski definition) is 4. The van der Waals surface area contributed by atoms with Gasteiger partial charge in [0.05, 0.1) is 5.92 Å². The number of nitrogens with two attached hydrogens (primary N) is 1. The second kappa shape index (κ2) is 7.28. The number of benzene rings is 1. The summed E-state index contributed by atoms with van der Waals surface area (Å²) in [4.78, 5) is 21.3. The number of amides is 1. The number of rotatable bonds is 3. The molecule has 1 saturated heterocycles. The first kappa shape index (κ1) is 19.6. The molecule has 5 nitrogen and oxygen atoms in total. The number of halogens is 2. The first-order valence-electron chi connectivity index (χ1n) is 10.0. The third kappa shape index (κ3) is 3.32. The summed E-state index contributed by atoms with van der Waals surface area (Å²) in [5.74, 6) is -1.58. The number of alkyl halides is 1. The third-order valence-corrected chi connectivity index (χ3v) is 6.21. The third-order valence-electron chi connectivity index (χ3n) is 6.21. The molecule has 1 aromatic carbocycles. The van der Waals surface area contributed by atoms with Crippen LogP contribution in [-0.4, -0.2) is 48.6 Å². The minimum Gasteiger partial charge on any atom is -0.372 e. The maximum atomic E-state index is 14.8. The largest absolute Gasteiger partial charge is 0.372 e. The lowest BCUT2D eigenvalue weighted by atomic mass is 9.72. The fourth-order valence-electron chi connectivity index (χ4n) is 4.54. The highest BCUT2D eigenvalue weighted by Crippen LogP contribution is 2.45. The van der Waals surface area contributed by atoms with Crippen molar-refractivity contribution < 1.29 is 13.6 Å². The van der Waals surface area contributed by atoms with E-state index >= 15 is 0 Å². The van der Waals surface area contributed by atoms with Crippen molar-refractivity contribution in [1.29, 1.82) is 0 Å². The van der Waals surface area contributed by atoms with E-state index < -0.39 is 23.5 Å². The number of aliphatic imine (C=N–C) groups is 1. The minimum absolute atomic E-state index is 0.0264. The van der Waals surface area contributed by atoms with Crippen LogP contribution in [0, 0.1) is 0 Å². The Morgan fingerprint density at radius 3 is 2.48 bits per heavy atom. The minimum atomic E-state index is -1.37. The molecule has 2 heterocycles. The molecule has 0 spiro atoms. The van der Waals surface area contributed by atoms with Gasteiger partial charge in [-0.2, -0.15) is 0 Å². The van der Waals surface area contributed by atoms with Gasteiger partial charge in [-0.15, -0.1) is 0 Å². The number of carbonyl (C=O) groups excluding carboxylic acids is 1. The van der Waals surface area contributed by atoms with Crippen molar-refractivity contribution in [3.05, 3.63) is 53.4 Å². The standard InChI is InChI=1S/C22H26F2N4O/c1-22(17-10-7-15(23)13-18(17)24)19(20(29)27(2)21(25)26-22)14-5-8-16(9-6-14)28-11-3-4-12-28/h5-10,15,19H,3-4,11-13H2,1-2H3,(H2,25,26)/t15?,19-,22-/m1/s1. The van der Waals surface area contributed by atoms with Crippen LogP contribution in [-0.2, 0) is 4.79 Å². The summed E-state index contributed by atoms with van der Waals surface area (Å²) >= 11 is 0. The van der Waals surface area contributed by atoms with Crippen molar-refractivity contribution in [2.45, 2.75) is 43.8 Å². The molecular weight excluding hydrogens is 374 g/mol. The molecule has 0 aromatic heterocycles. The van der Waals surface area contributed by atoms with Crippen LogP contribution in [0.2, 0.25) is 0 Å². The smallest absolute Gasteiger partial charge is 0.239 e. The average Bonchev–Trinajstić information content (AvgIpc) is 3.21. The number of carbonyl (C=O) groups is 1. The topological polar surface area (TPSA) is 61.9 Å². The fraction of sp³-hybridized carbons (Fsp3) is 0.455. The van der Waals surface area contributed by atoms with E-state index in [1.54, 1.807) is 14.0 Å². The summed E-state index contributed by atoms with van der Waals surface area (Å²) in [6, 6.07) is 7.80. The van der Waals surface area contributed by atoms with Crippen LogP contribution >= 0.6 is 0 Å². The van der Waals surface area contributed by atoms with Crippen molar-refractivity contribution in [3.63, 3.8) is 0 Å². The van der Waals surface area contributed by atoms with Crippen LogP contribution in [0.1, 0.15) is 37.7 Å². The van der Waals surface area contributed by atoms with E-state index in [4.69, 9.17) is 5.73 Å². The number of allylic oxidation sites excluding steroid dienone is 2. The molecule has 0 radical (unpaired) electrons. The van der Waals surface area contributed by atoms with Gasteiger partial charge in [0.15, 0.2) is 5.96 Å². The second-order valence-corrected chi connectivity index (χ2v) is 8.13. The van der Waals surface area contributed by atoms with Crippen LogP contribution in [0.25, 0.3) is 0 Å². The lowest BCUT2D eigenvalue weighted by molar-refractivity contribution is -0.130. The van der Waals surface area contributed by atoms with E-state index in [9.17, 15) is 13.6 Å². The first-order valence-corrected chi connectivity index (χ1v) is 10.0. The van der Waals surface area contributed by atoms with Gasteiger partial charge in [0.1, 0.15) is 17.5 Å². The Labute approximate surface area is 169 Å². The average molecular weight is 400 g/mol. The van der Waals surface area contributed by atoms with Crippen LogP contribution in [0.15, 0.2) is 52.8 Å². The number of anilines is 1. The molecule has 7 heteroatoms. The summed E-state index contributed by atoms with van der Waals surface area (Å²) in [6.07, 6.45) is 3.35. The van der Waals surface area contributed by atoms with Crippen LogP contribution in [0.3, 0.4) is 0 Å². The van der Waals surface area contributed by atoms with Crippen molar-refractivity contribution in [1.82, 2.24) is 4.90 Å². The van der Waals surface area contributed by atoms with Gasteiger partial charge in [-0.25, -0.2) is 13.8 Å². The predicted octanol–water partition coefficient (Wildman–Crippen LogP) is 3.44. The van der Waals surface area contributed by atoms with Crippen molar-refractivity contribution >= 4 is 17.6 Å². The normalized spacial score (nSPS) is 30.2. The molecular formula is C22H26F2N4O. The molecule has 2 aliphatic heterocycles. The summed E-state index contributed by atoms with van der Waals surface area (Å²) in [6.45, 7) is 3.74. The molecule has 1 aliphatic carbocycles. The molecule has 1 aromatic rings. The Morgan fingerprint density at radius 1 is 1.21 bits per heavy atom. The number of guanidine groups is 1. The number of likely N-dealkylation sites (N-methyl/N-ethyl adjacent to an activating group) is 1. The van der Waals surface area contributed by atoms with E-state index in [1.807, 2.05) is 24.3 Å². The van der Waals surface area contributed by atoms with Gasteiger partial charge in [-0.1, -0.05) is 18.2 Å². The highest BCUT2D eigenvalue weighted by Gasteiger charge is 2.49. The molecule has 4 rings (SSSR count). The van der Waals surface area contributed by atoms with Gasteiger partial charge in [0.2, 0.25) is 5.91 Å². The molecule has 154 valence electrons. The van der Waals surface area contributed by atoms with Gasteiger partial charge in [-0.3, -0.25) is 9.69 Å². The van der Waals surface area contributed by atoms with Gasteiger partial charge in [-0.05, 0) is 43.5 Å². The van der Waals surface area contributed by atoms with Gasteiger partial charge in [0.25, 0.3) is 0 Å². The van der Waals surface area contributed by atoms with Crippen LogP contribution in [0.4, 0.5) is 14.5 Å². The molecule has 1 unspecified atom stereocenters. The zero-order chi connectivity index (χ0) is 20.8. The first-order chi connectivity index (χ1) is 13.8. The predicted molar refractivity (Wildman–Crippen MR) is 110 cm³/mol. The maximum absolute atomic E-state index is 14.8. The Balaban J connectivity index is 1.77.